The van der Waals surface area contributed by atoms with E-state index in [1.54, 1.807) is 19.9 Å². The third kappa shape index (κ3) is 5.06. The van der Waals surface area contributed by atoms with E-state index in [1.807, 2.05) is 0 Å². The Balaban J connectivity index is 1.94. The van der Waals surface area contributed by atoms with Crippen molar-refractivity contribution in [3.05, 3.63) is 65.6 Å². The van der Waals surface area contributed by atoms with Crippen molar-refractivity contribution in [3.63, 3.8) is 0 Å². The standard InChI is InChI=1S/C21H22F3N5O3S/c1-13(2)19-17(12-26-29(19)18-9-8-14(11-25-18)21(22,23)24)20(30)27-15-6-5-7-16(10-15)33(31,32)28(3)4/h5-13H,1-4H3,(H,27,30). The smallest absolute Gasteiger partial charge is 0.322 e. The van der Waals surface area contributed by atoms with Gasteiger partial charge in [0.25, 0.3) is 5.91 Å². The molecular weight excluding hydrogens is 459 g/mol. The summed E-state index contributed by atoms with van der Waals surface area (Å²) in [6, 6.07) is 7.88. The van der Waals surface area contributed by atoms with E-state index in [0.717, 1.165) is 10.4 Å². The van der Waals surface area contributed by atoms with E-state index < -0.39 is 27.7 Å². The number of hydrogen-bond acceptors (Lipinski definition) is 5. The second-order valence-corrected chi connectivity index (χ2v) is 9.83. The van der Waals surface area contributed by atoms with Crippen molar-refractivity contribution in [1.82, 2.24) is 19.1 Å². The third-order valence-electron chi connectivity index (χ3n) is 4.76. The number of carbonyl (C=O) groups is 1. The maximum Gasteiger partial charge on any atom is 0.417 e. The predicted molar refractivity (Wildman–Crippen MR) is 116 cm³/mol. The fourth-order valence-electron chi connectivity index (χ4n) is 3.09. The molecule has 12 heteroatoms. The number of aromatic nitrogens is 3. The molecule has 0 aliphatic rings. The Kier molecular flexibility index (Phi) is 6.61. The van der Waals surface area contributed by atoms with Gasteiger partial charge < -0.3 is 5.32 Å². The van der Waals surface area contributed by atoms with Crippen LogP contribution in [0.25, 0.3) is 5.82 Å². The summed E-state index contributed by atoms with van der Waals surface area (Å²) in [5, 5.41) is 6.81. The number of hydrogen-bond donors (Lipinski definition) is 1. The summed E-state index contributed by atoms with van der Waals surface area (Å²) in [5.74, 6) is -0.640. The molecule has 1 amide bonds. The van der Waals surface area contributed by atoms with Gasteiger partial charge in [0.2, 0.25) is 10.0 Å². The number of alkyl halides is 3. The first-order valence-corrected chi connectivity index (χ1v) is 11.2. The lowest BCUT2D eigenvalue weighted by Gasteiger charge is -2.14. The molecule has 2 heterocycles. The number of carbonyl (C=O) groups excluding carboxylic acids is 1. The van der Waals surface area contributed by atoms with E-state index in [9.17, 15) is 26.4 Å². The molecule has 2 aromatic heterocycles. The first-order chi connectivity index (χ1) is 15.3. The van der Waals surface area contributed by atoms with Crippen LogP contribution in [0.2, 0.25) is 0 Å². The summed E-state index contributed by atoms with van der Waals surface area (Å²) in [5.41, 5.74) is -0.00235. The zero-order valence-electron chi connectivity index (χ0n) is 18.3. The van der Waals surface area contributed by atoms with Crippen molar-refractivity contribution in [2.24, 2.45) is 0 Å². The molecule has 0 bridgehead atoms. The van der Waals surface area contributed by atoms with Gasteiger partial charge in [0.15, 0.2) is 5.82 Å². The van der Waals surface area contributed by atoms with Gasteiger partial charge in [-0.05, 0) is 36.2 Å². The molecule has 176 valence electrons. The van der Waals surface area contributed by atoms with Gasteiger partial charge >= 0.3 is 6.18 Å². The van der Waals surface area contributed by atoms with Crippen LogP contribution in [0.1, 0.15) is 41.4 Å². The minimum absolute atomic E-state index is 0.0130. The average Bonchev–Trinajstić information content (AvgIpc) is 3.19. The number of benzene rings is 1. The van der Waals surface area contributed by atoms with Gasteiger partial charge in [-0.2, -0.15) is 18.3 Å². The Labute approximate surface area is 189 Å². The van der Waals surface area contributed by atoms with E-state index in [1.165, 1.54) is 49.2 Å². The first kappa shape index (κ1) is 24.4. The summed E-state index contributed by atoms with van der Waals surface area (Å²) in [7, 11) is -0.886. The van der Waals surface area contributed by atoms with Crippen molar-refractivity contribution >= 4 is 21.6 Å². The van der Waals surface area contributed by atoms with Crippen LogP contribution in [0.4, 0.5) is 18.9 Å². The molecule has 1 N–H and O–H groups in total. The summed E-state index contributed by atoms with van der Waals surface area (Å²) in [4.78, 5) is 16.8. The number of anilines is 1. The quantitative estimate of drug-likeness (QED) is 0.576. The maximum absolute atomic E-state index is 13.0. The Morgan fingerprint density at radius 3 is 2.36 bits per heavy atom. The van der Waals surface area contributed by atoms with E-state index in [4.69, 9.17) is 0 Å². The van der Waals surface area contributed by atoms with Crippen molar-refractivity contribution in [2.75, 3.05) is 19.4 Å². The number of rotatable bonds is 6. The molecule has 3 rings (SSSR count). The van der Waals surface area contributed by atoms with Gasteiger partial charge in [0.1, 0.15) is 0 Å². The molecule has 33 heavy (non-hydrogen) atoms. The molecule has 3 aromatic rings. The van der Waals surface area contributed by atoms with Crippen LogP contribution < -0.4 is 5.32 Å². The molecule has 8 nitrogen and oxygen atoms in total. The van der Waals surface area contributed by atoms with Crippen LogP contribution in [0.5, 0.6) is 0 Å². The highest BCUT2D eigenvalue weighted by atomic mass is 32.2. The Morgan fingerprint density at radius 2 is 1.82 bits per heavy atom. The Morgan fingerprint density at radius 1 is 1.12 bits per heavy atom. The van der Waals surface area contributed by atoms with Crippen LogP contribution in [0, 0.1) is 0 Å². The number of pyridine rings is 1. The highest BCUT2D eigenvalue weighted by Crippen LogP contribution is 2.30. The lowest BCUT2D eigenvalue weighted by Crippen LogP contribution is -2.22. The summed E-state index contributed by atoms with van der Waals surface area (Å²) < 4.78 is 65.6. The zero-order valence-corrected chi connectivity index (χ0v) is 19.1. The van der Waals surface area contributed by atoms with Gasteiger partial charge in [-0.1, -0.05) is 19.9 Å². The third-order valence-corrected chi connectivity index (χ3v) is 6.57. The number of halogens is 3. The monoisotopic (exact) mass is 481 g/mol. The summed E-state index contributed by atoms with van der Waals surface area (Å²) in [6.07, 6.45) is -2.52. The second kappa shape index (κ2) is 8.94. The SMILES string of the molecule is CC(C)c1c(C(=O)Nc2cccc(S(=O)(=O)N(C)C)c2)cnn1-c1ccc(C(F)(F)F)cn1. The highest BCUT2D eigenvalue weighted by Gasteiger charge is 2.31. The van der Waals surface area contributed by atoms with Gasteiger partial charge in [0.05, 0.1) is 27.9 Å². The van der Waals surface area contributed by atoms with E-state index in [-0.39, 0.29) is 27.9 Å². The number of nitrogens with one attached hydrogen (secondary N) is 1. The molecule has 0 saturated carbocycles. The van der Waals surface area contributed by atoms with Crippen LogP contribution in [-0.2, 0) is 16.2 Å². The molecule has 0 aliphatic heterocycles. The predicted octanol–water partition coefficient (Wildman–Crippen LogP) is 3.91. The second-order valence-electron chi connectivity index (χ2n) is 7.68. The fourth-order valence-corrected chi connectivity index (χ4v) is 4.04. The average molecular weight is 482 g/mol. The Hall–Kier alpha value is -3.25. The number of sulfonamides is 1. The highest BCUT2D eigenvalue weighted by molar-refractivity contribution is 7.89. The number of amides is 1. The lowest BCUT2D eigenvalue weighted by molar-refractivity contribution is -0.137. The number of nitrogens with zero attached hydrogens (tertiary/aromatic N) is 4. The molecule has 0 atom stereocenters. The topological polar surface area (TPSA) is 97.2 Å². The zero-order chi connectivity index (χ0) is 24.6. The molecule has 0 aliphatic carbocycles. The Bertz CT molecular complexity index is 1270. The molecule has 0 spiro atoms. The van der Waals surface area contributed by atoms with E-state index >= 15 is 0 Å². The van der Waals surface area contributed by atoms with Gasteiger partial charge in [-0.3, -0.25) is 4.79 Å². The molecule has 0 saturated heterocycles. The van der Waals surface area contributed by atoms with Crippen molar-refractivity contribution in [2.45, 2.75) is 30.8 Å². The summed E-state index contributed by atoms with van der Waals surface area (Å²) in [6.45, 7) is 3.61. The molecule has 1 aromatic carbocycles. The molecular formula is C21H22F3N5O3S. The largest absolute Gasteiger partial charge is 0.417 e. The van der Waals surface area contributed by atoms with Gasteiger partial charge in [0, 0.05) is 26.0 Å². The van der Waals surface area contributed by atoms with Gasteiger partial charge in [-0.15, -0.1) is 0 Å². The first-order valence-electron chi connectivity index (χ1n) is 9.78. The van der Waals surface area contributed by atoms with E-state index in [0.29, 0.717) is 11.9 Å². The molecule has 0 radical (unpaired) electrons. The normalized spacial score (nSPS) is 12.4. The van der Waals surface area contributed by atoms with Crippen molar-refractivity contribution in [3.8, 4) is 5.82 Å². The molecule has 0 unspecified atom stereocenters. The minimum atomic E-state index is -4.52. The van der Waals surface area contributed by atoms with Crippen LogP contribution in [-0.4, -0.2) is 47.5 Å². The van der Waals surface area contributed by atoms with Crippen molar-refractivity contribution < 1.29 is 26.4 Å². The minimum Gasteiger partial charge on any atom is -0.322 e. The maximum atomic E-state index is 13.0. The lowest BCUT2D eigenvalue weighted by atomic mass is 10.1. The molecule has 0 fully saturated rings. The fraction of sp³-hybridized carbons (Fsp3) is 0.286. The van der Waals surface area contributed by atoms with Gasteiger partial charge in [-0.25, -0.2) is 22.4 Å². The van der Waals surface area contributed by atoms with E-state index in [2.05, 4.69) is 15.4 Å². The van der Waals surface area contributed by atoms with Crippen LogP contribution in [0.15, 0.2) is 53.7 Å². The van der Waals surface area contributed by atoms with Crippen LogP contribution >= 0.6 is 0 Å². The van der Waals surface area contributed by atoms with Crippen molar-refractivity contribution in [1.29, 1.82) is 0 Å². The summed E-state index contributed by atoms with van der Waals surface area (Å²) >= 11 is 0. The van der Waals surface area contributed by atoms with Crippen LogP contribution in [0.3, 0.4) is 0 Å².